The molecule has 0 radical (unpaired) electrons. The molecular weight excluding hydrogens is 366 g/mol. The van der Waals surface area contributed by atoms with Crippen LogP contribution in [0.5, 0.6) is 11.5 Å². The summed E-state index contributed by atoms with van der Waals surface area (Å²) in [4.78, 5) is 12.4. The highest BCUT2D eigenvalue weighted by molar-refractivity contribution is 6.31. The Hall–Kier alpha value is -2.54. The van der Waals surface area contributed by atoms with E-state index < -0.39 is 17.9 Å². The first-order valence-electron chi connectivity index (χ1n) is 8.11. The highest BCUT2D eigenvalue weighted by Crippen LogP contribution is 2.44. The Kier molecular flexibility index (Phi) is 3.91. The fourth-order valence-corrected chi connectivity index (χ4v) is 3.56. The van der Waals surface area contributed by atoms with Crippen LogP contribution in [0, 0.1) is 0 Å². The van der Waals surface area contributed by atoms with E-state index in [1.165, 1.54) is 18.2 Å². The van der Waals surface area contributed by atoms with Crippen molar-refractivity contribution in [3.05, 3.63) is 53.1 Å². The smallest absolute Gasteiger partial charge is 0.395 e. The molecule has 5 nitrogen and oxygen atoms in total. The normalized spacial score (nSPS) is 18.7. The molecule has 1 fully saturated rings. The second-order valence-corrected chi connectivity index (χ2v) is 6.73. The van der Waals surface area contributed by atoms with E-state index in [-0.39, 0.29) is 11.5 Å². The van der Waals surface area contributed by atoms with E-state index >= 15 is 0 Å². The number of fused-ring (bicyclic) bond motifs is 1. The molecule has 1 heterocycles. The van der Waals surface area contributed by atoms with Crippen LogP contribution in [-0.2, 0) is 5.54 Å². The first-order valence-corrected chi connectivity index (χ1v) is 8.49. The number of amides is 2. The van der Waals surface area contributed by atoms with Crippen LogP contribution in [0.1, 0.15) is 24.8 Å². The van der Waals surface area contributed by atoms with Gasteiger partial charge in [0.25, 0.3) is 0 Å². The van der Waals surface area contributed by atoms with Gasteiger partial charge >= 0.3 is 12.3 Å². The Balaban J connectivity index is 1.49. The Labute approximate surface area is 153 Å². The quantitative estimate of drug-likeness (QED) is 0.799. The van der Waals surface area contributed by atoms with Crippen LogP contribution in [0.15, 0.2) is 42.5 Å². The topological polar surface area (TPSA) is 59.6 Å². The molecule has 8 heteroatoms. The molecule has 0 unspecified atom stereocenters. The third-order valence-electron chi connectivity index (χ3n) is 4.61. The molecule has 0 bridgehead atoms. The second kappa shape index (κ2) is 6.02. The molecule has 0 saturated heterocycles. The van der Waals surface area contributed by atoms with Crippen molar-refractivity contribution in [1.82, 2.24) is 5.32 Å². The van der Waals surface area contributed by atoms with Gasteiger partial charge in [0, 0.05) is 16.8 Å². The Morgan fingerprint density at radius 3 is 2.50 bits per heavy atom. The molecule has 136 valence electrons. The fourth-order valence-electron chi connectivity index (χ4n) is 3.25. The maximum Gasteiger partial charge on any atom is 0.586 e. The standard InChI is InChI=1S/C18H15ClF2N2O3/c19-13-5-2-1-4-12(13)17(8-3-9-17)23-16(24)22-11-6-7-14-15(10-11)26-18(20,21)25-14/h1-2,4-7,10H,3,8-9H2,(H2,22,23,24). The van der Waals surface area contributed by atoms with Gasteiger partial charge in [0.05, 0.1) is 5.54 Å². The lowest BCUT2D eigenvalue weighted by Gasteiger charge is -2.43. The second-order valence-electron chi connectivity index (χ2n) is 6.32. The molecule has 2 aromatic carbocycles. The van der Waals surface area contributed by atoms with Gasteiger partial charge in [-0.05, 0) is 43.0 Å². The molecule has 0 spiro atoms. The number of nitrogens with one attached hydrogen (secondary N) is 2. The maximum atomic E-state index is 13.1. The molecule has 2 aromatic rings. The molecular formula is C18H15ClF2N2O3. The third kappa shape index (κ3) is 3.03. The average molecular weight is 381 g/mol. The summed E-state index contributed by atoms with van der Waals surface area (Å²) in [5.41, 5.74) is 0.663. The van der Waals surface area contributed by atoms with Crippen molar-refractivity contribution >= 4 is 23.3 Å². The predicted octanol–water partition coefficient (Wildman–Crippen LogP) is 4.86. The molecule has 26 heavy (non-hydrogen) atoms. The number of urea groups is 1. The highest BCUT2D eigenvalue weighted by Gasteiger charge is 2.44. The van der Waals surface area contributed by atoms with Gasteiger partial charge in [-0.2, -0.15) is 0 Å². The van der Waals surface area contributed by atoms with Crippen molar-refractivity contribution in [3.63, 3.8) is 0 Å². The molecule has 0 atom stereocenters. The monoisotopic (exact) mass is 380 g/mol. The molecule has 2 N–H and O–H groups in total. The number of anilines is 1. The van der Waals surface area contributed by atoms with Gasteiger partial charge in [0.2, 0.25) is 0 Å². The molecule has 1 aliphatic carbocycles. The van der Waals surface area contributed by atoms with E-state index in [9.17, 15) is 13.6 Å². The summed E-state index contributed by atoms with van der Waals surface area (Å²) in [7, 11) is 0. The minimum absolute atomic E-state index is 0.0764. The summed E-state index contributed by atoms with van der Waals surface area (Å²) in [5, 5.41) is 6.20. The lowest BCUT2D eigenvalue weighted by Crippen LogP contribution is -2.52. The summed E-state index contributed by atoms with van der Waals surface area (Å²) >= 11 is 6.28. The van der Waals surface area contributed by atoms with Crippen molar-refractivity contribution in [2.75, 3.05) is 5.32 Å². The molecule has 2 aliphatic rings. The first kappa shape index (κ1) is 16.9. The zero-order chi connectivity index (χ0) is 18.4. The van der Waals surface area contributed by atoms with E-state index in [0.29, 0.717) is 10.7 Å². The van der Waals surface area contributed by atoms with Crippen molar-refractivity contribution in [2.45, 2.75) is 31.1 Å². The number of benzene rings is 2. The number of carbonyl (C=O) groups is 1. The minimum Gasteiger partial charge on any atom is -0.395 e. The molecule has 0 aromatic heterocycles. The van der Waals surface area contributed by atoms with Gasteiger partial charge in [-0.25, -0.2) is 4.79 Å². The number of alkyl halides is 2. The maximum absolute atomic E-state index is 13.1. The number of ether oxygens (including phenoxy) is 2. The van der Waals surface area contributed by atoms with Gasteiger partial charge in [-0.1, -0.05) is 29.8 Å². The Bertz CT molecular complexity index is 871. The predicted molar refractivity (Wildman–Crippen MR) is 91.8 cm³/mol. The number of hydrogen-bond donors (Lipinski definition) is 2. The van der Waals surface area contributed by atoms with Gasteiger partial charge in [0.15, 0.2) is 11.5 Å². The number of hydrogen-bond acceptors (Lipinski definition) is 3. The van der Waals surface area contributed by atoms with Crippen molar-refractivity contribution in [3.8, 4) is 11.5 Å². The summed E-state index contributed by atoms with van der Waals surface area (Å²) in [6, 6.07) is 11.0. The summed E-state index contributed by atoms with van der Waals surface area (Å²) in [6.07, 6.45) is -1.16. The summed E-state index contributed by atoms with van der Waals surface area (Å²) < 4.78 is 34.9. The number of carbonyl (C=O) groups excluding carboxylic acids is 1. The Morgan fingerprint density at radius 2 is 1.81 bits per heavy atom. The van der Waals surface area contributed by atoms with Crippen LogP contribution < -0.4 is 20.1 Å². The van der Waals surface area contributed by atoms with Gasteiger partial charge < -0.3 is 20.1 Å². The fraction of sp³-hybridized carbons (Fsp3) is 0.278. The van der Waals surface area contributed by atoms with Crippen molar-refractivity contribution in [2.24, 2.45) is 0 Å². The van der Waals surface area contributed by atoms with E-state index in [4.69, 9.17) is 11.6 Å². The lowest BCUT2D eigenvalue weighted by molar-refractivity contribution is -0.286. The van der Waals surface area contributed by atoms with Gasteiger partial charge in [0.1, 0.15) is 0 Å². The van der Waals surface area contributed by atoms with Crippen LogP contribution in [0.3, 0.4) is 0 Å². The van der Waals surface area contributed by atoms with E-state index in [0.717, 1.165) is 24.8 Å². The SMILES string of the molecule is O=C(Nc1ccc2c(c1)OC(F)(F)O2)NC1(c2ccccc2Cl)CCC1. The van der Waals surface area contributed by atoms with Crippen LogP contribution >= 0.6 is 11.6 Å². The van der Waals surface area contributed by atoms with Crippen LogP contribution in [0.4, 0.5) is 19.3 Å². The lowest BCUT2D eigenvalue weighted by atomic mass is 9.72. The third-order valence-corrected chi connectivity index (χ3v) is 4.94. The van der Waals surface area contributed by atoms with Crippen molar-refractivity contribution in [1.29, 1.82) is 0 Å². The summed E-state index contributed by atoms with van der Waals surface area (Å²) in [5.74, 6) is -0.204. The van der Waals surface area contributed by atoms with E-state index in [1.54, 1.807) is 6.07 Å². The number of halogens is 3. The van der Waals surface area contributed by atoms with Crippen LogP contribution in [0.2, 0.25) is 5.02 Å². The number of rotatable bonds is 3. The largest absolute Gasteiger partial charge is 0.586 e. The van der Waals surface area contributed by atoms with Crippen LogP contribution in [0.25, 0.3) is 0 Å². The summed E-state index contributed by atoms with van der Waals surface area (Å²) in [6.45, 7) is 0. The van der Waals surface area contributed by atoms with Crippen molar-refractivity contribution < 1.29 is 23.0 Å². The van der Waals surface area contributed by atoms with E-state index in [2.05, 4.69) is 20.1 Å². The zero-order valence-corrected chi connectivity index (χ0v) is 14.3. The average Bonchev–Trinajstić information content (AvgIpc) is 2.85. The molecule has 1 saturated carbocycles. The van der Waals surface area contributed by atoms with E-state index in [1.807, 2.05) is 18.2 Å². The Morgan fingerprint density at radius 1 is 1.08 bits per heavy atom. The molecule has 1 aliphatic heterocycles. The zero-order valence-electron chi connectivity index (χ0n) is 13.5. The van der Waals surface area contributed by atoms with Crippen LogP contribution in [-0.4, -0.2) is 12.3 Å². The van der Waals surface area contributed by atoms with Gasteiger partial charge in [-0.15, -0.1) is 8.78 Å². The minimum atomic E-state index is -3.69. The molecule has 4 rings (SSSR count). The first-order chi connectivity index (χ1) is 12.4. The van der Waals surface area contributed by atoms with Gasteiger partial charge in [-0.3, -0.25) is 0 Å². The molecule has 2 amide bonds. The highest BCUT2D eigenvalue weighted by atomic mass is 35.5.